The second-order valence-electron chi connectivity index (χ2n) is 6.45. The van der Waals surface area contributed by atoms with E-state index in [0.29, 0.717) is 31.1 Å². The fourth-order valence-corrected chi connectivity index (χ4v) is 4.63. The number of hydrogen-bond acceptors (Lipinski definition) is 5. The number of quaternary nitrogens is 1. The number of nitrogens with one attached hydrogen (secondary N) is 2. The Kier molecular flexibility index (Phi) is 6.74. The summed E-state index contributed by atoms with van der Waals surface area (Å²) in [5.41, 5.74) is 1.76. The van der Waals surface area contributed by atoms with Crippen LogP contribution in [-0.2, 0) is 24.3 Å². The van der Waals surface area contributed by atoms with Crippen molar-refractivity contribution in [2.45, 2.75) is 18.7 Å². The van der Waals surface area contributed by atoms with Crippen molar-refractivity contribution in [2.75, 3.05) is 46.4 Å². The Hall–Kier alpha value is -1.97. The van der Waals surface area contributed by atoms with E-state index in [2.05, 4.69) is 10.1 Å². The van der Waals surface area contributed by atoms with Gasteiger partial charge in [0, 0.05) is 0 Å². The average Bonchev–Trinajstić information content (AvgIpc) is 2.59. The Bertz CT molecular complexity index is 771. The van der Waals surface area contributed by atoms with E-state index in [1.807, 2.05) is 13.0 Å². The molecule has 0 bridgehead atoms. The molecule has 1 amide bonds. The van der Waals surface area contributed by atoms with E-state index in [-0.39, 0.29) is 19.0 Å². The predicted molar refractivity (Wildman–Crippen MR) is 95.3 cm³/mol. The number of ether oxygens (including phenoxy) is 1. The zero-order chi connectivity index (χ0) is 19.3. The first-order chi connectivity index (χ1) is 12.2. The van der Waals surface area contributed by atoms with Crippen LogP contribution in [0, 0.1) is 13.8 Å². The Morgan fingerprint density at radius 1 is 1.23 bits per heavy atom. The van der Waals surface area contributed by atoms with Gasteiger partial charge in [0.15, 0.2) is 6.54 Å². The lowest BCUT2D eigenvalue weighted by molar-refractivity contribution is -0.895. The fourth-order valence-electron chi connectivity index (χ4n) is 2.98. The van der Waals surface area contributed by atoms with E-state index >= 15 is 0 Å². The summed E-state index contributed by atoms with van der Waals surface area (Å²) < 4.78 is 31.6. The number of methoxy groups -OCH3 is 1. The summed E-state index contributed by atoms with van der Waals surface area (Å²) in [5, 5.41) is 2.49. The first-order valence-corrected chi connectivity index (χ1v) is 9.92. The molecule has 0 radical (unpaired) electrons. The molecule has 2 N–H and O–H groups in total. The van der Waals surface area contributed by atoms with Crippen molar-refractivity contribution in [3.05, 3.63) is 29.3 Å². The van der Waals surface area contributed by atoms with E-state index in [0.717, 1.165) is 16.0 Å². The van der Waals surface area contributed by atoms with Gasteiger partial charge in [0.25, 0.3) is 5.91 Å². The van der Waals surface area contributed by atoms with Gasteiger partial charge in [-0.25, -0.2) is 8.42 Å². The number of rotatable bonds is 6. The smallest absolute Gasteiger partial charge is 0.325 e. The van der Waals surface area contributed by atoms with E-state index < -0.39 is 16.0 Å². The second kappa shape index (κ2) is 8.61. The molecule has 26 heavy (non-hydrogen) atoms. The Labute approximate surface area is 154 Å². The zero-order valence-corrected chi connectivity index (χ0v) is 16.2. The first-order valence-electron chi connectivity index (χ1n) is 8.48. The van der Waals surface area contributed by atoms with Crippen molar-refractivity contribution < 1.29 is 27.6 Å². The highest BCUT2D eigenvalue weighted by molar-refractivity contribution is 7.89. The van der Waals surface area contributed by atoms with Crippen LogP contribution >= 0.6 is 0 Å². The fraction of sp³-hybridized carbons (Fsp3) is 0.529. The number of hydrogen-bond donors (Lipinski definition) is 2. The zero-order valence-electron chi connectivity index (χ0n) is 15.4. The van der Waals surface area contributed by atoms with Crippen LogP contribution in [-0.4, -0.2) is 71.0 Å². The number of sulfonamides is 1. The third-order valence-electron chi connectivity index (χ3n) is 4.45. The Balaban J connectivity index is 1.91. The highest BCUT2D eigenvalue weighted by Crippen LogP contribution is 2.20. The summed E-state index contributed by atoms with van der Waals surface area (Å²) in [7, 11) is -2.27. The highest BCUT2D eigenvalue weighted by atomic mass is 32.2. The SMILES string of the molecule is COC(=O)CNC(=O)C[NH+]1CCN(S(=O)(=O)c2ccc(C)cc2C)CC1. The van der Waals surface area contributed by atoms with Gasteiger partial charge in [-0.3, -0.25) is 9.59 Å². The van der Waals surface area contributed by atoms with Crippen LogP contribution in [0.15, 0.2) is 23.1 Å². The minimum absolute atomic E-state index is 0.157. The van der Waals surface area contributed by atoms with E-state index in [4.69, 9.17) is 0 Å². The summed E-state index contributed by atoms with van der Waals surface area (Å²) in [6, 6.07) is 5.31. The molecule has 0 aromatic heterocycles. The molecule has 0 unspecified atom stereocenters. The molecule has 1 aliphatic rings. The van der Waals surface area contributed by atoms with Crippen molar-refractivity contribution >= 4 is 21.9 Å². The van der Waals surface area contributed by atoms with Crippen molar-refractivity contribution in [1.82, 2.24) is 9.62 Å². The van der Waals surface area contributed by atoms with E-state index in [9.17, 15) is 18.0 Å². The Morgan fingerprint density at radius 3 is 2.46 bits per heavy atom. The molecule has 0 saturated carbocycles. The molecule has 1 heterocycles. The van der Waals surface area contributed by atoms with Crippen LogP contribution in [0.2, 0.25) is 0 Å². The molecule has 0 spiro atoms. The lowest BCUT2D eigenvalue weighted by atomic mass is 10.2. The van der Waals surface area contributed by atoms with Gasteiger partial charge in [-0.15, -0.1) is 0 Å². The lowest BCUT2D eigenvalue weighted by Crippen LogP contribution is -3.15. The number of esters is 1. The van der Waals surface area contributed by atoms with Crippen LogP contribution in [0.5, 0.6) is 0 Å². The third kappa shape index (κ3) is 5.03. The number of carbonyl (C=O) groups is 2. The maximum Gasteiger partial charge on any atom is 0.325 e. The molecule has 2 rings (SSSR count). The molecule has 144 valence electrons. The largest absolute Gasteiger partial charge is 0.468 e. The van der Waals surface area contributed by atoms with Crippen LogP contribution in [0.25, 0.3) is 0 Å². The summed E-state index contributed by atoms with van der Waals surface area (Å²) in [6.07, 6.45) is 0. The lowest BCUT2D eigenvalue weighted by Gasteiger charge is -2.31. The molecule has 1 saturated heterocycles. The topological polar surface area (TPSA) is 97.2 Å². The summed E-state index contributed by atoms with van der Waals surface area (Å²) in [5.74, 6) is -0.756. The highest BCUT2D eigenvalue weighted by Gasteiger charge is 2.32. The van der Waals surface area contributed by atoms with Gasteiger partial charge in [0.1, 0.15) is 6.54 Å². The van der Waals surface area contributed by atoms with Gasteiger partial charge in [-0.1, -0.05) is 17.7 Å². The molecule has 9 heteroatoms. The summed E-state index contributed by atoms with van der Waals surface area (Å²) in [4.78, 5) is 24.2. The third-order valence-corrected chi connectivity index (χ3v) is 6.50. The van der Waals surface area contributed by atoms with Gasteiger partial charge in [0.05, 0.1) is 38.2 Å². The van der Waals surface area contributed by atoms with Gasteiger partial charge in [0.2, 0.25) is 10.0 Å². The number of amides is 1. The summed E-state index contributed by atoms with van der Waals surface area (Å²) >= 11 is 0. The van der Waals surface area contributed by atoms with E-state index in [1.165, 1.54) is 11.4 Å². The van der Waals surface area contributed by atoms with Crippen molar-refractivity contribution in [3.63, 3.8) is 0 Å². The van der Waals surface area contributed by atoms with Crippen molar-refractivity contribution in [1.29, 1.82) is 0 Å². The molecule has 1 fully saturated rings. The molecule has 1 aliphatic heterocycles. The van der Waals surface area contributed by atoms with Gasteiger partial charge >= 0.3 is 5.97 Å². The second-order valence-corrected chi connectivity index (χ2v) is 8.36. The maximum atomic E-state index is 12.8. The van der Waals surface area contributed by atoms with Gasteiger partial charge in [-0.05, 0) is 25.5 Å². The molecule has 0 atom stereocenters. The van der Waals surface area contributed by atoms with E-state index in [1.54, 1.807) is 19.1 Å². The number of aryl methyl sites for hydroxylation is 2. The molecule has 1 aromatic rings. The average molecular weight is 384 g/mol. The standard InChI is InChI=1S/C17H25N3O5S/c1-13-4-5-15(14(2)10-13)26(23,24)20-8-6-19(7-9-20)12-16(21)18-11-17(22)25-3/h4-5,10H,6-9,11-12H2,1-3H3,(H,18,21)/p+1. The van der Waals surface area contributed by atoms with Crippen LogP contribution in [0.3, 0.4) is 0 Å². The first kappa shape index (κ1) is 20.3. The van der Waals surface area contributed by atoms with Crippen LogP contribution in [0.1, 0.15) is 11.1 Å². The molecule has 0 aliphatic carbocycles. The number of carbonyl (C=O) groups excluding carboxylic acids is 2. The van der Waals surface area contributed by atoms with Gasteiger partial charge in [-0.2, -0.15) is 4.31 Å². The molecule has 8 nitrogen and oxygen atoms in total. The number of piperazine rings is 1. The van der Waals surface area contributed by atoms with Gasteiger partial charge < -0.3 is 15.0 Å². The Morgan fingerprint density at radius 2 is 1.88 bits per heavy atom. The number of nitrogens with zero attached hydrogens (tertiary/aromatic N) is 1. The summed E-state index contributed by atoms with van der Waals surface area (Å²) in [6.45, 7) is 5.56. The predicted octanol–water partition coefficient (Wildman–Crippen LogP) is -1.52. The quantitative estimate of drug-likeness (QED) is 0.581. The molecular formula is C17H26N3O5S+. The normalized spacial score (nSPS) is 16.3. The molecular weight excluding hydrogens is 358 g/mol. The number of benzene rings is 1. The molecule has 1 aromatic carbocycles. The van der Waals surface area contributed by atoms with Crippen molar-refractivity contribution in [2.24, 2.45) is 0 Å². The minimum Gasteiger partial charge on any atom is -0.468 e. The monoisotopic (exact) mass is 384 g/mol. The van der Waals surface area contributed by atoms with Crippen LogP contribution < -0.4 is 10.2 Å². The van der Waals surface area contributed by atoms with Crippen LogP contribution in [0.4, 0.5) is 0 Å². The van der Waals surface area contributed by atoms with Crippen molar-refractivity contribution in [3.8, 4) is 0 Å². The maximum absolute atomic E-state index is 12.8. The minimum atomic E-state index is -3.53.